The Morgan fingerprint density at radius 3 is 2.72 bits per heavy atom. The number of anilines is 1. The maximum absolute atomic E-state index is 12.8. The lowest BCUT2D eigenvalue weighted by Gasteiger charge is -2.26. The molecule has 0 unspecified atom stereocenters. The normalized spacial score (nSPS) is 12.9. The summed E-state index contributed by atoms with van der Waals surface area (Å²) in [5, 5.41) is 7.20. The molecule has 0 saturated heterocycles. The highest BCUT2D eigenvalue weighted by atomic mass is 32.1. The first kappa shape index (κ1) is 20.6. The number of hydrogen-bond acceptors (Lipinski definition) is 8. The van der Waals surface area contributed by atoms with Crippen molar-refractivity contribution in [2.24, 2.45) is 7.05 Å². The fourth-order valence-corrected chi connectivity index (χ4v) is 4.37. The Morgan fingerprint density at radius 2 is 2.07 bits per heavy atom. The fourth-order valence-electron chi connectivity index (χ4n) is 3.13. The van der Waals surface area contributed by atoms with E-state index in [1.807, 2.05) is 0 Å². The summed E-state index contributed by atoms with van der Waals surface area (Å²) in [4.78, 5) is 39.6. The highest BCUT2D eigenvalue weighted by molar-refractivity contribution is 7.17. The minimum atomic E-state index is -0.541. The van der Waals surface area contributed by atoms with Gasteiger partial charge in [0.2, 0.25) is 5.88 Å². The van der Waals surface area contributed by atoms with Crippen LogP contribution < -0.4 is 10.1 Å². The molecule has 0 atom stereocenters. The number of aryl methyl sites for hydroxylation is 1. The first-order valence-corrected chi connectivity index (χ1v) is 9.74. The van der Waals surface area contributed by atoms with Gasteiger partial charge in [0.25, 0.3) is 5.91 Å². The van der Waals surface area contributed by atoms with Gasteiger partial charge in [0.05, 0.1) is 32.9 Å². The molecule has 3 heterocycles. The molecular weight excluding hydrogens is 400 g/mol. The molecule has 0 bridgehead atoms. The zero-order valence-corrected chi connectivity index (χ0v) is 17.4. The molecule has 0 aliphatic carbocycles. The van der Waals surface area contributed by atoms with Crippen molar-refractivity contribution in [1.29, 1.82) is 0 Å². The number of rotatable bonds is 5. The van der Waals surface area contributed by atoms with Crippen LogP contribution in [0.15, 0.2) is 6.20 Å². The van der Waals surface area contributed by atoms with E-state index in [1.165, 1.54) is 36.4 Å². The van der Waals surface area contributed by atoms with Gasteiger partial charge in [-0.25, -0.2) is 9.59 Å². The van der Waals surface area contributed by atoms with Crippen LogP contribution in [0.4, 0.5) is 9.80 Å². The molecular formula is C18H22N4O6S. The van der Waals surface area contributed by atoms with Crippen molar-refractivity contribution in [2.45, 2.75) is 19.9 Å². The van der Waals surface area contributed by atoms with E-state index in [0.717, 1.165) is 10.4 Å². The number of fused-ring (bicyclic) bond motifs is 1. The van der Waals surface area contributed by atoms with Gasteiger partial charge in [-0.2, -0.15) is 0 Å². The average molecular weight is 422 g/mol. The minimum Gasteiger partial charge on any atom is -0.479 e. The lowest BCUT2D eigenvalue weighted by Crippen LogP contribution is -2.36. The Labute approximate surface area is 171 Å². The Hall–Kier alpha value is -3.08. The summed E-state index contributed by atoms with van der Waals surface area (Å²) in [5.41, 5.74) is 1.33. The van der Waals surface area contributed by atoms with E-state index in [9.17, 15) is 14.4 Å². The molecule has 0 radical (unpaired) electrons. The molecule has 1 aliphatic rings. The van der Waals surface area contributed by atoms with Gasteiger partial charge in [-0.15, -0.1) is 16.4 Å². The van der Waals surface area contributed by atoms with Crippen LogP contribution in [0.25, 0.3) is 0 Å². The second-order valence-electron chi connectivity index (χ2n) is 6.25. The molecule has 0 saturated carbocycles. The van der Waals surface area contributed by atoms with Crippen LogP contribution in [-0.2, 0) is 29.5 Å². The molecule has 156 valence electrons. The number of esters is 1. The molecule has 2 aromatic rings. The monoisotopic (exact) mass is 422 g/mol. The van der Waals surface area contributed by atoms with E-state index in [1.54, 1.807) is 18.9 Å². The van der Waals surface area contributed by atoms with E-state index in [-0.39, 0.29) is 18.1 Å². The van der Waals surface area contributed by atoms with Gasteiger partial charge in [0, 0.05) is 24.7 Å². The smallest absolute Gasteiger partial charge is 0.410 e. The first-order chi connectivity index (χ1) is 13.9. The lowest BCUT2D eigenvalue weighted by atomic mass is 10.0. The third-order valence-electron chi connectivity index (χ3n) is 4.43. The summed E-state index contributed by atoms with van der Waals surface area (Å²) in [7, 11) is 4.38. The molecule has 10 nitrogen and oxygen atoms in total. The molecule has 1 N–H and O–H groups in total. The third kappa shape index (κ3) is 4.04. The second-order valence-corrected chi connectivity index (χ2v) is 7.35. The highest BCUT2D eigenvalue weighted by Crippen LogP contribution is 2.38. The van der Waals surface area contributed by atoms with E-state index in [0.29, 0.717) is 30.1 Å². The van der Waals surface area contributed by atoms with Crippen molar-refractivity contribution in [3.8, 4) is 5.88 Å². The van der Waals surface area contributed by atoms with Gasteiger partial charge in [0.1, 0.15) is 10.6 Å². The van der Waals surface area contributed by atoms with Gasteiger partial charge >= 0.3 is 12.1 Å². The first-order valence-electron chi connectivity index (χ1n) is 8.93. The van der Waals surface area contributed by atoms with Crippen molar-refractivity contribution in [1.82, 2.24) is 14.7 Å². The number of carbonyl (C=O) groups excluding carboxylic acids is 3. The SMILES string of the molecule is CCOC(=O)N1CCc2c(sc(NC(=O)c3cn(C)nc3OC)c2C(=O)OC)C1. The van der Waals surface area contributed by atoms with Crippen molar-refractivity contribution >= 4 is 34.3 Å². The summed E-state index contributed by atoms with van der Waals surface area (Å²) in [5.74, 6) is -0.819. The van der Waals surface area contributed by atoms with Gasteiger partial charge < -0.3 is 24.4 Å². The van der Waals surface area contributed by atoms with Crippen LogP contribution in [0.5, 0.6) is 5.88 Å². The molecule has 3 rings (SSSR count). The van der Waals surface area contributed by atoms with E-state index < -0.39 is 18.0 Å². The van der Waals surface area contributed by atoms with Crippen LogP contribution in [0.1, 0.15) is 38.1 Å². The molecule has 0 aromatic carbocycles. The van der Waals surface area contributed by atoms with Gasteiger partial charge in [0.15, 0.2) is 0 Å². The van der Waals surface area contributed by atoms with Crippen LogP contribution in [-0.4, -0.2) is 60.0 Å². The number of amides is 2. The summed E-state index contributed by atoms with van der Waals surface area (Å²) < 4.78 is 16.6. The van der Waals surface area contributed by atoms with Gasteiger partial charge in [-0.1, -0.05) is 0 Å². The maximum atomic E-state index is 12.8. The average Bonchev–Trinajstić information content (AvgIpc) is 3.26. The number of carbonyl (C=O) groups is 3. The summed E-state index contributed by atoms with van der Waals surface area (Å²) in [6, 6.07) is 0. The molecule has 2 amide bonds. The van der Waals surface area contributed by atoms with Gasteiger partial charge in [-0.3, -0.25) is 9.48 Å². The standard InChI is InChI=1S/C18H22N4O6S/c1-5-28-18(25)22-7-6-10-12(9-22)29-16(13(10)17(24)27-4)19-14(23)11-8-21(2)20-15(11)26-3/h8H,5-7,9H2,1-4H3,(H,19,23). The largest absolute Gasteiger partial charge is 0.479 e. The zero-order chi connectivity index (χ0) is 21.1. The van der Waals surface area contributed by atoms with Crippen LogP contribution in [0.2, 0.25) is 0 Å². The molecule has 0 spiro atoms. The predicted octanol–water partition coefficient (Wildman–Crippen LogP) is 2.04. The molecule has 2 aromatic heterocycles. The third-order valence-corrected chi connectivity index (χ3v) is 5.56. The van der Waals surface area contributed by atoms with Gasteiger partial charge in [-0.05, 0) is 18.9 Å². The molecule has 0 fully saturated rings. The van der Waals surface area contributed by atoms with Crippen LogP contribution in [0.3, 0.4) is 0 Å². The van der Waals surface area contributed by atoms with Crippen molar-refractivity contribution in [3.05, 3.63) is 27.8 Å². The topological polar surface area (TPSA) is 112 Å². The number of aromatic nitrogens is 2. The zero-order valence-electron chi connectivity index (χ0n) is 16.6. The number of hydrogen-bond donors (Lipinski definition) is 1. The Kier molecular flexibility index (Phi) is 6.06. The van der Waals surface area contributed by atoms with Crippen molar-refractivity contribution < 1.29 is 28.6 Å². The Balaban J connectivity index is 1.92. The lowest BCUT2D eigenvalue weighted by molar-refractivity contribution is 0.0600. The van der Waals surface area contributed by atoms with E-state index in [4.69, 9.17) is 14.2 Å². The number of nitrogens with zero attached hydrogens (tertiary/aromatic N) is 3. The fraction of sp³-hybridized carbons (Fsp3) is 0.444. The molecule has 29 heavy (non-hydrogen) atoms. The quantitative estimate of drug-likeness (QED) is 0.734. The van der Waals surface area contributed by atoms with E-state index in [2.05, 4.69) is 10.4 Å². The maximum Gasteiger partial charge on any atom is 0.410 e. The number of thiophene rings is 1. The minimum absolute atomic E-state index is 0.180. The summed E-state index contributed by atoms with van der Waals surface area (Å²) in [6.07, 6.45) is 1.58. The summed E-state index contributed by atoms with van der Waals surface area (Å²) in [6.45, 7) is 2.74. The molecule has 11 heteroatoms. The van der Waals surface area contributed by atoms with Crippen molar-refractivity contribution in [2.75, 3.05) is 32.7 Å². The highest BCUT2D eigenvalue weighted by Gasteiger charge is 2.32. The second kappa shape index (κ2) is 8.52. The predicted molar refractivity (Wildman–Crippen MR) is 105 cm³/mol. The number of nitrogens with one attached hydrogen (secondary N) is 1. The van der Waals surface area contributed by atoms with Crippen LogP contribution in [0, 0.1) is 0 Å². The van der Waals surface area contributed by atoms with Crippen molar-refractivity contribution in [3.63, 3.8) is 0 Å². The summed E-state index contributed by atoms with van der Waals surface area (Å²) >= 11 is 1.24. The molecule has 1 aliphatic heterocycles. The van der Waals surface area contributed by atoms with Crippen LogP contribution >= 0.6 is 11.3 Å². The Bertz CT molecular complexity index is 951. The number of ether oxygens (including phenoxy) is 3. The van der Waals surface area contributed by atoms with E-state index >= 15 is 0 Å². The number of methoxy groups -OCH3 is 2. The Morgan fingerprint density at radius 1 is 1.31 bits per heavy atom.